The van der Waals surface area contributed by atoms with Crippen molar-refractivity contribution in [3.05, 3.63) is 63.6 Å². The summed E-state index contributed by atoms with van der Waals surface area (Å²) >= 11 is 12.3. The van der Waals surface area contributed by atoms with Gasteiger partial charge >= 0.3 is 0 Å². The molecule has 1 aliphatic rings. The molecule has 0 unspecified atom stereocenters. The van der Waals surface area contributed by atoms with Crippen molar-refractivity contribution in [2.45, 2.75) is 33.2 Å². The molecule has 0 aromatic heterocycles. The Morgan fingerprint density at radius 2 is 1.93 bits per heavy atom. The Morgan fingerprint density at radius 1 is 1.23 bits per heavy atom. The van der Waals surface area contributed by atoms with E-state index in [0.717, 1.165) is 23.4 Å². The Bertz CT molecular complexity index is 998. The first-order valence-electron chi connectivity index (χ1n) is 9.72. The van der Waals surface area contributed by atoms with Crippen LogP contribution in [0.1, 0.15) is 38.8 Å². The van der Waals surface area contributed by atoms with Crippen LogP contribution in [0.2, 0.25) is 10.0 Å². The summed E-state index contributed by atoms with van der Waals surface area (Å²) in [5, 5.41) is 5.21. The second-order valence-electron chi connectivity index (χ2n) is 7.65. The molecular weight excluding hydrogens is 421 g/mol. The molecule has 5 nitrogen and oxygen atoms in total. The van der Waals surface area contributed by atoms with E-state index in [4.69, 9.17) is 27.9 Å². The molecule has 1 N–H and O–H groups in total. The second kappa shape index (κ2) is 9.11. The van der Waals surface area contributed by atoms with Crippen molar-refractivity contribution >= 4 is 46.6 Å². The first-order chi connectivity index (χ1) is 14.2. The number of ether oxygens (including phenoxy) is 1. The van der Waals surface area contributed by atoms with Gasteiger partial charge in [0, 0.05) is 28.4 Å². The molecule has 0 saturated carbocycles. The van der Waals surface area contributed by atoms with Crippen molar-refractivity contribution in [3.63, 3.8) is 0 Å². The van der Waals surface area contributed by atoms with Gasteiger partial charge in [0.05, 0.1) is 16.8 Å². The van der Waals surface area contributed by atoms with Gasteiger partial charge in [-0.05, 0) is 69.7 Å². The maximum Gasteiger partial charge on any atom is 0.277 e. The third kappa shape index (κ3) is 4.97. The molecule has 0 aliphatic carbocycles. The number of benzene rings is 2. The van der Waals surface area contributed by atoms with Crippen LogP contribution in [0.3, 0.4) is 0 Å². The van der Waals surface area contributed by atoms with E-state index in [-0.39, 0.29) is 18.1 Å². The quantitative estimate of drug-likeness (QED) is 0.468. The number of hydrogen-bond donors (Lipinski definition) is 1. The van der Waals surface area contributed by atoms with Crippen molar-refractivity contribution in [2.75, 3.05) is 18.1 Å². The Balaban J connectivity index is 1.68. The molecule has 0 radical (unpaired) electrons. The largest absolute Gasteiger partial charge is 0.484 e. The molecular formula is C23H25Cl2N3O2. The van der Waals surface area contributed by atoms with Crippen LogP contribution in [-0.2, 0) is 4.79 Å². The Hall–Kier alpha value is -2.50. The molecule has 7 heteroatoms. The number of halogens is 2. The van der Waals surface area contributed by atoms with Crippen molar-refractivity contribution in [1.82, 2.24) is 5.43 Å². The van der Waals surface area contributed by atoms with Crippen LogP contribution < -0.4 is 15.1 Å². The second-order valence-corrected chi connectivity index (χ2v) is 8.50. The third-order valence-electron chi connectivity index (χ3n) is 4.99. The first-order valence-corrected chi connectivity index (χ1v) is 10.5. The third-order valence-corrected chi connectivity index (χ3v) is 5.57. The lowest BCUT2D eigenvalue weighted by molar-refractivity contribution is -0.123. The summed E-state index contributed by atoms with van der Waals surface area (Å²) < 4.78 is 5.40. The van der Waals surface area contributed by atoms with Crippen LogP contribution >= 0.6 is 23.2 Å². The van der Waals surface area contributed by atoms with Crippen molar-refractivity contribution < 1.29 is 9.53 Å². The highest BCUT2D eigenvalue weighted by molar-refractivity contribution is 6.33. The molecule has 2 aromatic carbocycles. The zero-order valence-electron chi connectivity index (χ0n) is 17.5. The summed E-state index contributed by atoms with van der Waals surface area (Å²) in [5.74, 6) is 0.187. The number of likely N-dealkylation sites (N-methyl/N-ethyl adjacent to an activating group) is 1. The molecule has 0 fully saturated rings. The first kappa shape index (κ1) is 22.2. The minimum atomic E-state index is -0.370. The summed E-state index contributed by atoms with van der Waals surface area (Å²) in [5.41, 5.74) is 6.51. The molecule has 0 spiro atoms. The number of amides is 1. The lowest BCUT2D eigenvalue weighted by Crippen LogP contribution is -2.44. The highest BCUT2D eigenvalue weighted by Crippen LogP contribution is 2.40. The van der Waals surface area contributed by atoms with Gasteiger partial charge in [0.1, 0.15) is 5.75 Å². The van der Waals surface area contributed by atoms with Gasteiger partial charge in [-0.2, -0.15) is 5.10 Å². The fraction of sp³-hybridized carbons (Fsp3) is 0.304. The fourth-order valence-corrected chi connectivity index (χ4v) is 4.01. The molecule has 158 valence electrons. The van der Waals surface area contributed by atoms with Gasteiger partial charge in [0.2, 0.25) is 0 Å². The lowest BCUT2D eigenvalue weighted by atomic mass is 9.88. The minimum Gasteiger partial charge on any atom is -0.484 e. The van der Waals surface area contributed by atoms with Crippen molar-refractivity contribution in [1.29, 1.82) is 0 Å². The maximum absolute atomic E-state index is 12.0. The molecule has 1 heterocycles. The van der Waals surface area contributed by atoms with Gasteiger partial charge in [-0.1, -0.05) is 29.3 Å². The topological polar surface area (TPSA) is 53.9 Å². The van der Waals surface area contributed by atoms with Crippen LogP contribution in [0.5, 0.6) is 5.75 Å². The SMILES string of the molecule is CCN1c2cc(Cl)c(/C=N\NC(=O)COc3ccc(Cl)cc3)cc2C(C)=CC1(C)C. The molecule has 2 aromatic rings. The van der Waals surface area contributed by atoms with E-state index >= 15 is 0 Å². The van der Waals surface area contributed by atoms with Gasteiger partial charge in [-0.25, -0.2) is 5.43 Å². The summed E-state index contributed by atoms with van der Waals surface area (Å²) in [6.07, 6.45) is 3.80. The number of nitrogens with zero attached hydrogens (tertiary/aromatic N) is 2. The fourth-order valence-electron chi connectivity index (χ4n) is 3.68. The average Bonchev–Trinajstić information content (AvgIpc) is 2.68. The van der Waals surface area contributed by atoms with E-state index in [0.29, 0.717) is 15.8 Å². The maximum atomic E-state index is 12.0. The summed E-state index contributed by atoms with van der Waals surface area (Å²) in [6.45, 7) is 9.32. The minimum absolute atomic E-state index is 0.0805. The highest BCUT2D eigenvalue weighted by Gasteiger charge is 2.30. The van der Waals surface area contributed by atoms with Gasteiger partial charge in [0.15, 0.2) is 6.61 Å². The summed E-state index contributed by atoms with van der Waals surface area (Å²) in [7, 11) is 0. The van der Waals surface area contributed by atoms with E-state index in [9.17, 15) is 4.79 Å². The number of anilines is 1. The lowest BCUT2D eigenvalue weighted by Gasteiger charge is -2.43. The van der Waals surface area contributed by atoms with E-state index in [2.05, 4.69) is 49.2 Å². The van der Waals surface area contributed by atoms with Crippen LogP contribution in [0.25, 0.3) is 5.57 Å². The van der Waals surface area contributed by atoms with Crippen LogP contribution in [0, 0.1) is 0 Å². The Labute approximate surface area is 187 Å². The predicted octanol–water partition coefficient (Wildman–Crippen LogP) is 5.54. The standard InChI is InChI=1S/C23H25Cl2N3O2/c1-5-28-21-11-20(25)16(10-19(21)15(2)12-23(28,3)4)13-26-27-22(29)14-30-18-8-6-17(24)7-9-18/h6-13H,5,14H2,1-4H3,(H,27,29)/b26-13-. The molecule has 0 saturated heterocycles. The number of allylic oxidation sites excluding steroid dienone is 1. The van der Waals surface area contributed by atoms with E-state index in [1.807, 2.05) is 12.1 Å². The molecule has 1 aliphatic heterocycles. The van der Waals surface area contributed by atoms with Crippen molar-refractivity contribution in [3.8, 4) is 5.75 Å². The number of hydrogen-bond acceptors (Lipinski definition) is 4. The Kier molecular flexibility index (Phi) is 6.74. The number of nitrogens with one attached hydrogen (secondary N) is 1. The zero-order chi connectivity index (χ0) is 21.9. The monoisotopic (exact) mass is 445 g/mol. The predicted molar refractivity (Wildman–Crippen MR) is 125 cm³/mol. The van der Waals surface area contributed by atoms with Crippen molar-refractivity contribution in [2.24, 2.45) is 5.10 Å². The van der Waals surface area contributed by atoms with E-state index in [1.54, 1.807) is 30.5 Å². The van der Waals surface area contributed by atoms with Crippen LogP contribution in [-0.4, -0.2) is 30.8 Å². The van der Waals surface area contributed by atoms with Gasteiger partial charge in [-0.3, -0.25) is 4.79 Å². The number of fused-ring (bicyclic) bond motifs is 1. The van der Waals surface area contributed by atoms with E-state index in [1.165, 1.54) is 5.57 Å². The number of hydrazone groups is 1. The highest BCUT2D eigenvalue weighted by atomic mass is 35.5. The number of rotatable bonds is 6. The molecule has 0 atom stereocenters. The molecule has 1 amide bonds. The van der Waals surface area contributed by atoms with E-state index < -0.39 is 0 Å². The summed E-state index contributed by atoms with van der Waals surface area (Å²) in [6, 6.07) is 10.8. The normalized spacial score (nSPS) is 15.0. The van der Waals surface area contributed by atoms with Crippen LogP contribution in [0.4, 0.5) is 5.69 Å². The van der Waals surface area contributed by atoms with Gasteiger partial charge in [-0.15, -0.1) is 0 Å². The number of carbonyl (C=O) groups excluding carboxylic acids is 1. The average molecular weight is 446 g/mol. The Morgan fingerprint density at radius 3 is 2.60 bits per heavy atom. The van der Waals surface area contributed by atoms with Gasteiger partial charge < -0.3 is 9.64 Å². The zero-order valence-corrected chi connectivity index (χ0v) is 19.0. The molecule has 0 bridgehead atoms. The van der Waals surface area contributed by atoms with Gasteiger partial charge in [0.25, 0.3) is 5.91 Å². The number of carbonyl (C=O) groups is 1. The smallest absolute Gasteiger partial charge is 0.277 e. The molecule has 30 heavy (non-hydrogen) atoms. The summed E-state index contributed by atoms with van der Waals surface area (Å²) in [4.78, 5) is 14.3. The molecule has 3 rings (SSSR count). The van der Waals surface area contributed by atoms with Crippen LogP contribution in [0.15, 0.2) is 47.6 Å².